The number of phenolic OH excluding ortho intramolecular Hbond substituents is 1. The van der Waals surface area contributed by atoms with Gasteiger partial charge in [-0.05, 0) is 55.6 Å². The third kappa shape index (κ3) is 80.4. The summed E-state index contributed by atoms with van der Waals surface area (Å²) < 4.78 is 49.5. The molecule has 0 bridgehead atoms. The second-order valence-corrected chi connectivity index (χ2v) is 11.6. The minimum absolute atomic E-state index is 0. The fourth-order valence-electron chi connectivity index (χ4n) is 3.47. The molecule has 79 heavy (non-hydrogen) atoms. The van der Waals surface area contributed by atoms with Crippen molar-refractivity contribution in [3.63, 3.8) is 0 Å². The Labute approximate surface area is 552 Å². The molecule has 0 atom stereocenters. The Morgan fingerprint density at radius 2 is 0.772 bits per heavy atom. The quantitative estimate of drug-likeness (QED) is 0.0659. The molecular formula is C62H91F4N8O2Y3-5. The summed E-state index contributed by atoms with van der Waals surface area (Å²) in [6.45, 7) is 42.9. The standard InChI is InChI=1S/C7H7FO.3C7H6F.C5H6N2.C5H5N2.C4H4N2O.C4H3N2.8C2H6.3Y/c1-5-4-6(8)2-3-7(5)9;3*1-6-3-2-4-7(8)5-6;1-5-2-6-4-7-3-5;1-5-2-3-6-4-7-5;7-6-3-1-2-5-4-6;1-2-5-4-6-3-1;8*1-2;;;/h2-4,9H,1H3;3*2,4-5H,1H3;2-4H,1H3;3-4H,1H3;2-4,7H;2-4H;8*1-2H3;;;/q;3*-1;;-1;;-1;;;;;;;;;;;. The Hall–Kier alpha value is -4.17. The molecule has 10 nitrogen and oxygen atoms in total. The zero-order chi connectivity index (χ0) is 60.4. The van der Waals surface area contributed by atoms with Gasteiger partial charge in [0, 0.05) is 128 Å². The largest absolute Gasteiger partial charge is 0.508 e. The molecular weight excluding hydrogens is 1230 g/mol. The number of aromatic hydroxyl groups is 1. The maximum Gasteiger partial charge on any atom is 0.317 e. The summed E-state index contributed by atoms with van der Waals surface area (Å²) in [6.07, 6.45) is 16.9. The number of rotatable bonds is 0. The molecule has 433 valence electrons. The van der Waals surface area contributed by atoms with Crippen LogP contribution in [0.5, 0.6) is 5.75 Å². The first-order valence-electron chi connectivity index (χ1n) is 25.5. The molecule has 17 heteroatoms. The monoisotopic (exact) mass is 1320 g/mol. The van der Waals surface area contributed by atoms with Gasteiger partial charge in [-0.1, -0.05) is 148 Å². The topological polar surface area (TPSA) is 135 Å². The van der Waals surface area contributed by atoms with E-state index in [0.717, 1.165) is 32.7 Å². The van der Waals surface area contributed by atoms with E-state index in [1.54, 1.807) is 56.1 Å². The second kappa shape index (κ2) is 85.1. The van der Waals surface area contributed by atoms with Crippen LogP contribution in [0.2, 0.25) is 0 Å². The summed E-state index contributed by atoms with van der Waals surface area (Å²) in [5.41, 5.74) is 5.06. The van der Waals surface area contributed by atoms with Crippen LogP contribution < -0.4 is 4.73 Å². The van der Waals surface area contributed by atoms with Crippen LogP contribution in [0, 0.1) is 101 Å². The summed E-state index contributed by atoms with van der Waals surface area (Å²) in [5, 5.41) is 17.3. The summed E-state index contributed by atoms with van der Waals surface area (Å²) in [4.78, 5) is 25.8. The van der Waals surface area contributed by atoms with Gasteiger partial charge in [0.15, 0.2) is 0 Å². The Morgan fingerprint density at radius 3 is 0.949 bits per heavy atom. The van der Waals surface area contributed by atoms with Crippen molar-refractivity contribution in [2.75, 3.05) is 0 Å². The Morgan fingerprint density at radius 1 is 0.418 bits per heavy atom. The van der Waals surface area contributed by atoms with Crippen LogP contribution in [0.4, 0.5) is 17.6 Å². The van der Waals surface area contributed by atoms with E-state index in [0.29, 0.717) is 5.56 Å². The van der Waals surface area contributed by atoms with Crippen LogP contribution in [0.15, 0.2) is 141 Å². The molecule has 0 saturated carbocycles. The Bertz CT molecular complexity index is 2020. The van der Waals surface area contributed by atoms with E-state index < -0.39 is 0 Å². The normalized spacial score (nSPS) is 7.42. The van der Waals surface area contributed by atoms with E-state index in [9.17, 15) is 17.6 Å². The van der Waals surface area contributed by atoms with Crippen molar-refractivity contribution in [2.24, 2.45) is 0 Å². The van der Waals surface area contributed by atoms with Gasteiger partial charge in [0.1, 0.15) is 30.5 Å². The first kappa shape index (κ1) is 100. The van der Waals surface area contributed by atoms with Crippen molar-refractivity contribution in [1.29, 1.82) is 0 Å². The van der Waals surface area contributed by atoms with Gasteiger partial charge >= 0.3 is 6.33 Å². The van der Waals surface area contributed by atoms with Crippen molar-refractivity contribution in [3.8, 4) is 5.75 Å². The van der Waals surface area contributed by atoms with Crippen molar-refractivity contribution in [2.45, 2.75) is 152 Å². The third-order valence-corrected chi connectivity index (χ3v) is 6.21. The third-order valence-electron chi connectivity index (χ3n) is 6.21. The fraction of sp³-hybridized carbons (Fsp3) is 0.355. The van der Waals surface area contributed by atoms with E-state index in [-0.39, 0.29) is 127 Å². The molecule has 0 amide bonds. The molecule has 4 heterocycles. The average Bonchev–Trinajstić information content (AvgIpc) is 3.46. The molecule has 0 spiro atoms. The minimum Gasteiger partial charge on any atom is -0.508 e. The number of phenols is 1. The summed E-state index contributed by atoms with van der Waals surface area (Å²) >= 11 is 0. The molecule has 0 aliphatic carbocycles. The summed E-state index contributed by atoms with van der Waals surface area (Å²) in [7, 11) is 0. The molecule has 0 unspecified atom stereocenters. The van der Waals surface area contributed by atoms with Crippen LogP contribution >= 0.6 is 0 Å². The van der Waals surface area contributed by atoms with E-state index in [1.165, 1.54) is 92.3 Å². The predicted octanol–water partition coefficient (Wildman–Crippen LogP) is 16.9. The molecule has 4 aromatic heterocycles. The van der Waals surface area contributed by atoms with Crippen LogP contribution in [0.1, 0.15) is 144 Å². The van der Waals surface area contributed by atoms with Crippen LogP contribution in [-0.4, -0.2) is 45.2 Å². The number of hydrogen-bond acceptors (Lipinski definition) is 9. The van der Waals surface area contributed by atoms with Gasteiger partial charge in [-0.15, -0.1) is 60.7 Å². The van der Waals surface area contributed by atoms with Gasteiger partial charge in [0.25, 0.3) is 0 Å². The van der Waals surface area contributed by atoms with E-state index in [2.05, 4.69) is 71.3 Å². The molecule has 2 N–H and O–H groups in total. The molecule has 0 saturated heterocycles. The maximum absolute atomic E-state index is 12.2. The first-order chi connectivity index (χ1) is 36.7. The Kier molecular flexibility index (Phi) is 108. The number of nitrogens with zero attached hydrogens (tertiary/aromatic N) is 8. The van der Waals surface area contributed by atoms with Gasteiger partial charge in [0.2, 0.25) is 0 Å². The zero-order valence-corrected chi connectivity index (χ0v) is 60.0. The fourth-order valence-corrected chi connectivity index (χ4v) is 3.47. The van der Waals surface area contributed by atoms with Crippen molar-refractivity contribution in [3.05, 3.63) is 235 Å². The summed E-state index contributed by atoms with van der Waals surface area (Å²) in [6, 6.07) is 33.6. The first-order valence-corrected chi connectivity index (χ1v) is 25.5. The molecule has 4 aromatic carbocycles. The number of aryl methyl sites for hydroxylation is 6. The van der Waals surface area contributed by atoms with Gasteiger partial charge in [-0.3, -0.25) is 19.9 Å². The SMILES string of the molecule is CC.CC.CC.CC.CC.CC.CC.CC.Cc1[c-]ccc(F)c1.Cc1[c-]ccc(F)c1.Cc1[c-]ccc(F)c1.Cc1[c-]cncn1.Cc1cc(F)ccc1O.Cc1cncnc1.O[n+]1c[c-]cnc1.[Y].[Y].[Y].[c-]1cncnc1. The predicted molar refractivity (Wildman–Crippen MR) is 307 cm³/mol. The van der Waals surface area contributed by atoms with Crippen molar-refractivity contribution in [1.82, 2.24) is 34.9 Å². The van der Waals surface area contributed by atoms with E-state index >= 15 is 0 Å². The number of benzene rings is 4. The van der Waals surface area contributed by atoms with Crippen molar-refractivity contribution >= 4 is 0 Å². The molecule has 0 fully saturated rings. The van der Waals surface area contributed by atoms with E-state index in [1.807, 2.05) is 145 Å². The molecule has 0 aliphatic heterocycles. The van der Waals surface area contributed by atoms with Gasteiger partial charge in [-0.2, -0.15) is 53.1 Å². The van der Waals surface area contributed by atoms with Gasteiger partial charge < -0.3 is 28.5 Å². The number of hydrogen-bond donors (Lipinski definition) is 2. The molecule has 3 radical (unpaired) electrons. The Balaban J connectivity index is -0.0000000714. The van der Waals surface area contributed by atoms with Crippen molar-refractivity contribution < 1.29 is 131 Å². The van der Waals surface area contributed by atoms with Gasteiger partial charge in [0.05, 0.1) is 0 Å². The average molecular weight is 1320 g/mol. The van der Waals surface area contributed by atoms with E-state index in [4.69, 9.17) is 10.3 Å². The van der Waals surface area contributed by atoms with Gasteiger partial charge in [-0.25, -0.2) is 27.5 Å². The van der Waals surface area contributed by atoms with Crippen LogP contribution in [-0.2, 0) is 98.1 Å². The minimum atomic E-state index is -0.315. The number of aromatic nitrogens is 8. The molecule has 8 aromatic rings. The van der Waals surface area contributed by atoms with Crippen LogP contribution in [0.25, 0.3) is 0 Å². The van der Waals surface area contributed by atoms with Crippen LogP contribution in [0.3, 0.4) is 0 Å². The number of halogens is 4. The second-order valence-electron chi connectivity index (χ2n) is 11.6. The smallest absolute Gasteiger partial charge is 0.317 e. The maximum atomic E-state index is 12.2. The molecule has 0 aliphatic rings. The summed E-state index contributed by atoms with van der Waals surface area (Å²) in [5.74, 6) is -0.759. The zero-order valence-electron chi connectivity index (χ0n) is 51.5. The molecule has 8 rings (SSSR count).